The number of nitro benzene ring substituents is 1. The van der Waals surface area contributed by atoms with E-state index >= 15 is 0 Å². The molecule has 0 radical (unpaired) electrons. The molecule has 1 saturated heterocycles. The molecule has 1 aliphatic rings. The van der Waals surface area contributed by atoms with E-state index in [1.165, 1.54) is 12.1 Å². The fourth-order valence-electron chi connectivity index (χ4n) is 1.88. The van der Waals surface area contributed by atoms with Crippen LogP contribution in [0.3, 0.4) is 0 Å². The standard InChI is InChI=1S/C12H11ClN2O5/c13-8-3-4-10(9(6-8)15(18)19)20-7-12(17)14-5-1-2-11(14)16/h3-4,6H,1-2,5,7H2. The van der Waals surface area contributed by atoms with Crippen molar-refractivity contribution in [3.63, 3.8) is 0 Å². The first-order valence-corrected chi connectivity index (χ1v) is 6.27. The molecular weight excluding hydrogens is 288 g/mol. The summed E-state index contributed by atoms with van der Waals surface area (Å²) in [6, 6.07) is 3.89. The number of carbonyl (C=O) groups excluding carboxylic acids is 2. The molecule has 0 unspecified atom stereocenters. The summed E-state index contributed by atoms with van der Waals surface area (Å²) in [5.41, 5.74) is -0.321. The highest BCUT2D eigenvalue weighted by molar-refractivity contribution is 6.30. The molecule has 1 aliphatic heterocycles. The number of rotatable bonds is 4. The monoisotopic (exact) mass is 298 g/mol. The highest BCUT2D eigenvalue weighted by Gasteiger charge is 2.27. The Morgan fingerprint density at radius 2 is 2.25 bits per heavy atom. The summed E-state index contributed by atoms with van der Waals surface area (Å²) in [5, 5.41) is 11.0. The Balaban J connectivity index is 2.05. The van der Waals surface area contributed by atoms with Gasteiger partial charge < -0.3 is 4.74 Å². The second-order valence-electron chi connectivity index (χ2n) is 4.20. The smallest absolute Gasteiger partial charge is 0.312 e. The first kappa shape index (κ1) is 14.3. The van der Waals surface area contributed by atoms with Gasteiger partial charge in [-0.25, -0.2) is 0 Å². The zero-order valence-electron chi connectivity index (χ0n) is 10.4. The summed E-state index contributed by atoms with van der Waals surface area (Å²) in [5.74, 6) is -0.805. The Labute approximate surface area is 119 Å². The molecule has 0 N–H and O–H groups in total. The van der Waals surface area contributed by atoms with Crippen LogP contribution in [0.1, 0.15) is 12.8 Å². The van der Waals surface area contributed by atoms with Gasteiger partial charge in [-0.3, -0.25) is 24.6 Å². The van der Waals surface area contributed by atoms with Crippen LogP contribution in [0.2, 0.25) is 5.02 Å². The van der Waals surface area contributed by atoms with Crippen molar-refractivity contribution in [2.75, 3.05) is 13.2 Å². The van der Waals surface area contributed by atoms with Gasteiger partial charge in [-0.1, -0.05) is 11.6 Å². The largest absolute Gasteiger partial charge is 0.477 e. The summed E-state index contributed by atoms with van der Waals surface area (Å²) >= 11 is 5.67. The van der Waals surface area contributed by atoms with Crippen molar-refractivity contribution in [1.82, 2.24) is 4.90 Å². The van der Waals surface area contributed by atoms with Gasteiger partial charge in [0.05, 0.1) is 4.92 Å². The molecule has 1 aromatic rings. The third-order valence-corrected chi connectivity index (χ3v) is 3.08. The maximum atomic E-state index is 11.8. The van der Waals surface area contributed by atoms with Crippen LogP contribution in [0.4, 0.5) is 5.69 Å². The predicted molar refractivity (Wildman–Crippen MR) is 69.6 cm³/mol. The molecule has 2 amide bonds. The molecule has 0 aromatic heterocycles. The third-order valence-electron chi connectivity index (χ3n) is 2.84. The van der Waals surface area contributed by atoms with Crippen molar-refractivity contribution in [2.24, 2.45) is 0 Å². The van der Waals surface area contributed by atoms with Crippen molar-refractivity contribution < 1.29 is 19.2 Å². The van der Waals surface area contributed by atoms with E-state index in [2.05, 4.69) is 0 Å². The Kier molecular flexibility index (Phi) is 4.19. The number of likely N-dealkylation sites (tertiary alicyclic amines) is 1. The third kappa shape index (κ3) is 3.05. The second kappa shape index (κ2) is 5.87. The van der Waals surface area contributed by atoms with Crippen molar-refractivity contribution in [2.45, 2.75) is 12.8 Å². The van der Waals surface area contributed by atoms with Crippen LogP contribution in [-0.4, -0.2) is 34.8 Å². The predicted octanol–water partition coefficient (Wildman–Crippen LogP) is 1.78. The van der Waals surface area contributed by atoms with E-state index in [9.17, 15) is 19.7 Å². The second-order valence-corrected chi connectivity index (χ2v) is 4.64. The first-order chi connectivity index (χ1) is 9.49. The number of imide groups is 1. The molecule has 0 atom stereocenters. The van der Waals surface area contributed by atoms with Gasteiger partial charge >= 0.3 is 5.69 Å². The van der Waals surface area contributed by atoms with Gasteiger partial charge in [-0.15, -0.1) is 0 Å². The van der Waals surface area contributed by atoms with Gasteiger partial charge in [0.25, 0.3) is 5.91 Å². The van der Waals surface area contributed by atoms with E-state index in [-0.39, 0.29) is 22.4 Å². The molecule has 106 valence electrons. The fourth-order valence-corrected chi connectivity index (χ4v) is 2.05. The van der Waals surface area contributed by atoms with E-state index in [4.69, 9.17) is 16.3 Å². The maximum Gasteiger partial charge on any atom is 0.312 e. The van der Waals surface area contributed by atoms with Crippen LogP contribution in [-0.2, 0) is 9.59 Å². The lowest BCUT2D eigenvalue weighted by Crippen LogP contribution is -2.35. The van der Waals surface area contributed by atoms with Crippen molar-refractivity contribution in [1.29, 1.82) is 0 Å². The lowest BCUT2D eigenvalue weighted by molar-refractivity contribution is -0.385. The minimum absolute atomic E-state index is 0.0561. The van der Waals surface area contributed by atoms with Gasteiger partial charge in [0.2, 0.25) is 5.91 Å². The summed E-state index contributed by atoms with van der Waals surface area (Å²) in [6.45, 7) is -0.0576. The minimum Gasteiger partial charge on any atom is -0.477 e. The van der Waals surface area contributed by atoms with Crippen LogP contribution in [0.25, 0.3) is 0 Å². The molecule has 0 aliphatic carbocycles. The first-order valence-electron chi connectivity index (χ1n) is 5.89. The molecule has 8 heteroatoms. The average Bonchev–Trinajstić information content (AvgIpc) is 2.83. The molecule has 2 rings (SSSR count). The molecule has 0 spiro atoms. The Morgan fingerprint density at radius 1 is 1.50 bits per heavy atom. The number of ether oxygens (including phenoxy) is 1. The number of carbonyl (C=O) groups is 2. The topological polar surface area (TPSA) is 89.8 Å². The lowest BCUT2D eigenvalue weighted by Gasteiger charge is -2.14. The number of benzene rings is 1. The SMILES string of the molecule is O=C1CCCN1C(=O)COc1ccc(Cl)cc1[N+](=O)[O-]. The number of halogens is 1. The molecule has 7 nitrogen and oxygen atoms in total. The molecular formula is C12H11ClN2O5. The maximum absolute atomic E-state index is 11.8. The number of amides is 2. The van der Waals surface area contributed by atoms with Gasteiger partial charge in [0.1, 0.15) is 0 Å². The summed E-state index contributed by atoms with van der Waals surface area (Å²) in [7, 11) is 0. The van der Waals surface area contributed by atoms with Gasteiger partial charge in [-0.05, 0) is 18.6 Å². The van der Waals surface area contributed by atoms with E-state index in [1.807, 2.05) is 0 Å². The van der Waals surface area contributed by atoms with E-state index in [1.54, 1.807) is 0 Å². The molecule has 0 saturated carbocycles. The van der Waals surface area contributed by atoms with Crippen molar-refractivity contribution in [3.05, 3.63) is 33.3 Å². The summed E-state index contributed by atoms with van der Waals surface area (Å²) in [4.78, 5) is 34.4. The van der Waals surface area contributed by atoms with Crippen LogP contribution < -0.4 is 4.74 Å². The van der Waals surface area contributed by atoms with Crippen LogP contribution in [0.5, 0.6) is 5.75 Å². The van der Waals surface area contributed by atoms with Gasteiger partial charge in [-0.2, -0.15) is 0 Å². The van der Waals surface area contributed by atoms with E-state index in [0.29, 0.717) is 19.4 Å². The minimum atomic E-state index is -0.646. The Bertz CT molecular complexity index is 575. The zero-order valence-corrected chi connectivity index (χ0v) is 11.1. The summed E-state index contributed by atoms with van der Waals surface area (Å²) < 4.78 is 5.13. The molecule has 0 bridgehead atoms. The highest BCUT2D eigenvalue weighted by atomic mass is 35.5. The van der Waals surface area contributed by atoms with Crippen LogP contribution in [0.15, 0.2) is 18.2 Å². The number of hydrogen-bond acceptors (Lipinski definition) is 5. The molecule has 1 heterocycles. The van der Waals surface area contributed by atoms with Gasteiger partial charge in [0.15, 0.2) is 12.4 Å². The summed E-state index contributed by atoms with van der Waals surface area (Å²) in [6.07, 6.45) is 0.971. The van der Waals surface area contributed by atoms with E-state index in [0.717, 1.165) is 11.0 Å². The molecule has 20 heavy (non-hydrogen) atoms. The van der Waals surface area contributed by atoms with Crippen molar-refractivity contribution in [3.8, 4) is 5.75 Å². The van der Waals surface area contributed by atoms with E-state index < -0.39 is 17.4 Å². The highest BCUT2D eigenvalue weighted by Crippen LogP contribution is 2.29. The normalized spacial score (nSPS) is 14.4. The van der Waals surface area contributed by atoms with Crippen molar-refractivity contribution >= 4 is 29.1 Å². The quantitative estimate of drug-likeness (QED) is 0.624. The molecule has 1 aromatic carbocycles. The average molecular weight is 299 g/mol. The van der Waals surface area contributed by atoms with Crippen LogP contribution >= 0.6 is 11.6 Å². The zero-order chi connectivity index (χ0) is 14.7. The van der Waals surface area contributed by atoms with Gasteiger partial charge in [0, 0.05) is 24.1 Å². The Morgan fingerprint density at radius 3 is 2.85 bits per heavy atom. The lowest BCUT2D eigenvalue weighted by atomic mass is 10.3. The van der Waals surface area contributed by atoms with Crippen LogP contribution in [0, 0.1) is 10.1 Å². The molecule has 1 fully saturated rings. The number of nitrogens with zero attached hydrogens (tertiary/aromatic N) is 2. The number of hydrogen-bond donors (Lipinski definition) is 0. The Hall–Kier alpha value is -2.15. The fraction of sp³-hybridized carbons (Fsp3) is 0.333. The number of nitro groups is 1.